The van der Waals surface area contributed by atoms with Crippen LogP contribution in [0.4, 0.5) is 0 Å². The second kappa shape index (κ2) is 4.32. The lowest BCUT2D eigenvalue weighted by Gasteiger charge is -2.51. The Kier molecular flexibility index (Phi) is 3.86. The highest BCUT2D eigenvalue weighted by Crippen LogP contribution is 2.40. The SMILES string of the molecule is CC1(CCCN)CC[Si](C)(C)[Si](C)(C)O1. The van der Waals surface area contributed by atoms with Gasteiger partial charge in [0.25, 0.3) is 0 Å². The lowest BCUT2D eigenvalue weighted by Crippen LogP contribution is -2.64. The number of hydrogen-bond acceptors (Lipinski definition) is 2. The van der Waals surface area contributed by atoms with Gasteiger partial charge < -0.3 is 10.2 Å². The highest BCUT2D eigenvalue weighted by Gasteiger charge is 2.50. The van der Waals surface area contributed by atoms with Crippen molar-refractivity contribution < 1.29 is 4.43 Å². The predicted molar refractivity (Wildman–Crippen MR) is 72.2 cm³/mol. The fourth-order valence-corrected chi connectivity index (χ4v) is 9.55. The highest BCUT2D eigenvalue weighted by atomic mass is 29.3. The van der Waals surface area contributed by atoms with Crippen molar-refractivity contribution in [1.82, 2.24) is 0 Å². The molecule has 0 aliphatic carbocycles. The van der Waals surface area contributed by atoms with Crippen LogP contribution in [-0.2, 0) is 4.43 Å². The molecule has 0 amide bonds. The van der Waals surface area contributed by atoms with Gasteiger partial charge in [-0.2, -0.15) is 0 Å². The third-order valence-corrected chi connectivity index (χ3v) is 20.9. The van der Waals surface area contributed by atoms with E-state index in [1.165, 1.54) is 12.5 Å². The largest absolute Gasteiger partial charge is 0.415 e. The average Bonchev–Trinajstić information content (AvgIpc) is 2.09. The van der Waals surface area contributed by atoms with Crippen LogP contribution in [0.15, 0.2) is 0 Å². The van der Waals surface area contributed by atoms with E-state index in [2.05, 4.69) is 33.1 Å². The van der Waals surface area contributed by atoms with E-state index in [1.54, 1.807) is 0 Å². The molecule has 0 spiro atoms. The fraction of sp³-hybridized carbons (Fsp3) is 1.00. The van der Waals surface area contributed by atoms with Gasteiger partial charge in [-0.25, -0.2) is 0 Å². The van der Waals surface area contributed by atoms with Crippen molar-refractivity contribution in [1.29, 1.82) is 0 Å². The maximum Gasteiger partial charge on any atom is 0.174 e. The molecule has 90 valence electrons. The summed E-state index contributed by atoms with van der Waals surface area (Å²) in [6.07, 6.45) is 3.50. The summed E-state index contributed by atoms with van der Waals surface area (Å²) in [6, 6.07) is 1.44. The van der Waals surface area contributed by atoms with Crippen LogP contribution in [0, 0.1) is 0 Å². The molecule has 0 aromatic heterocycles. The molecule has 0 radical (unpaired) electrons. The van der Waals surface area contributed by atoms with Crippen molar-refractivity contribution in [2.45, 2.75) is 64.0 Å². The van der Waals surface area contributed by atoms with Gasteiger partial charge in [-0.1, -0.05) is 19.1 Å². The van der Waals surface area contributed by atoms with Crippen molar-refractivity contribution in [2.24, 2.45) is 5.73 Å². The molecule has 0 aromatic carbocycles. The van der Waals surface area contributed by atoms with E-state index >= 15 is 0 Å². The molecule has 1 atom stereocenters. The van der Waals surface area contributed by atoms with Crippen LogP contribution in [0.25, 0.3) is 0 Å². The Bertz CT molecular complexity index is 231. The minimum absolute atomic E-state index is 0.137. The molecule has 2 N–H and O–H groups in total. The summed E-state index contributed by atoms with van der Waals surface area (Å²) in [6.45, 7) is 12.9. The van der Waals surface area contributed by atoms with Gasteiger partial charge in [0.2, 0.25) is 0 Å². The van der Waals surface area contributed by atoms with Crippen molar-refractivity contribution in [2.75, 3.05) is 6.54 Å². The standard InChI is InChI=1S/C11H27NOSi2/c1-11(7-6-9-12)8-10-14(2,3)15(4,5)13-11/h6-10,12H2,1-5H3. The Hall–Kier alpha value is 0.354. The highest BCUT2D eigenvalue weighted by molar-refractivity contribution is 7.38. The predicted octanol–water partition coefficient (Wildman–Crippen LogP) is 2.90. The average molecular weight is 246 g/mol. The molecular formula is C11H27NOSi2. The molecule has 1 heterocycles. The minimum atomic E-state index is -1.41. The van der Waals surface area contributed by atoms with Gasteiger partial charge in [0.1, 0.15) is 0 Å². The van der Waals surface area contributed by atoms with Crippen LogP contribution in [0.3, 0.4) is 0 Å². The summed E-state index contributed by atoms with van der Waals surface area (Å²) in [5, 5.41) is 0. The second-order valence-corrected chi connectivity index (χ2v) is 21.5. The lowest BCUT2D eigenvalue weighted by molar-refractivity contribution is 0.0620. The molecule has 4 heteroatoms. The first kappa shape index (κ1) is 13.4. The zero-order valence-electron chi connectivity index (χ0n) is 11.0. The number of hydrogen-bond donors (Lipinski definition) is 1. The first-order chi connectivity index (χ1) is 6.72. The van der Waals surface area contributed by atoms with E-state index in [0.717, 1.165) is 19.4 Å². The Morgan fingerprint density at radius 2 is 1.87 bits per heavy atom. The van der Waals surface area contributed by atoms with Gasteiger partial charge in [-0.3, -0.25) is 0 Å². The van der Waals surface area contributed by atoms with Crippen LogP contribution in [0.1, 0.15) is 26.2 Å². The molecule has 1 unspecified atom stereocenters. The molecule has 1 aliphatic rings. The van der Waals surface area contributed by atoms with Gasteiger partial charge in [-0.05, 0) is 45.8 Å². The van der Waals surface area contributed by atoms with Crippen LogP contribution in [-0.4, -0.2) is 27.6 Å². The monoisotopic (exact) mass is 245 g/mol. The Balaban J connectivity index is 2.68. The smallest absolute Gasteiger partial charge is 0.174 e. The summed E-state index contributed by atoms with van der Waals surface area (Å²) in [4.78, 5) is 0. The summed E-state index contributed by atoms with van der Waals surface area (Å²) < 4.78 is 6.52. The zero-order valence-corrected chi connectivity index (χ0v) is 13.0. The quantitative estimate of drug-likeness (QED) is 0.776. The zero-order chi connectivity index (χ0) is 11.7. The minimum Gasteiger partial charge on any atom is -0.415 e. The van der Waals surface area contributed by atoms with Crippen LogP contribution in [0.2, 0.25) is 32.2 Å². The summed E-state index contributed by atoms with van der Waals surface area (Å²) >= 11 is 0. The number of nitrogens with two attached hydrogens (primary N) is 1. The Labute approximate surface area is 96.5 Å². The third kappa shape index (κ3) is 2.93. The first-order valence-electron chi connectivity index (χ1n) is 6.13. The van der Waals surface area contributed by atoms with Crippen LogP contribution >= 0.6 is 0 Å². The first-order valence-corrected chi connectivity index (χ1v) is 13.2. The molecule has 1 fully saturated rings. The molecule has 1 rings (SSSR count). The van der Waals surface area contributed by atoms with Crippen molar-refractivity contribution in [3.63, 3.8) is 0 Å². The van der Waals surface area contributed by atoms with Gasteiger partial charge in [0.05, 0.1) is 13.2 Å². The normalized spacial score (nSPS) is 34.0. The molecule has 1 aliphatic heterocycles. The Morgan fingerprint density at radius 1 is 1.27 bits per heavy atom. The topological polar surface area (TPSA) is 35.2 Å². The molecule has 15 heavy (non-hydrogen) atoms. The van der Waals surface area contributed by atoms with Crippen molar-refractivity contribution >= 4 is 15.4 Å². The maximum absolute atomic E-state index is 6.52. The van der Waals surface area contributed by atoms with E-state index in [-0.39, 0.29) is 5.60 Å². The molecule has 0 aromatic rings. The van der Waals surface area contributed by atoms with Crippen molar-refractivity contribution in [3.05, 3.63) is 0 Å². The van der Waals surface area contributed by atoms with Gasteiger partial charge in [0, 0.05) is 0 Å². The lowest BCUT2D eigenvalue weighted by atomic mass is 9.97. The van der Waals surface area contributed by atoms with E-state index in [1.807, 2.05) is 0 Å². The maximum atomic E-state index is 6.52. The molecular weight excluding hydrogens is 218 g/mol. The molecule has 0 bridgehead atoms. The second-order valence-electron chi connectivity index (χ2n) is 6.34. The van der Waals surface area contributed by atoms with Crippen LogP contribution in [0.5, 0.6) is 0 Å². The van der Waals surface area contributed by atoms with E-state index < -0.39 is 15.4 Å². The number of rotatable bonds is 3. The van der Waals surface area contributed by atoms with Gasteiger partial charge in [-0.15, -0.1) is 0 Å². The van der Waals surface area contributed by atoms with Gasteiger partial charge >= 0.3 is 0 Å². The van der Waals surface area contributed by atoms with Gasteiger partial charge in [0.15, 0.2) is 7.83 Å². The van der Waals surface area contributed by atoms with Crippen molar-refractivity contribution in [3.8, 4) is 0 Å². The third-order valence-electron chi connectivity index (χ3n) is 4.32. The van der Waals surface area contributed by atoms with E-state index in [0.29, 0.717) is 0 Å². The summed E-state index contributed by atoms with van der Waals surface area (Å²) in [5.41, 5.74) is 5.73. The summed E-state index contributed by atoms with van der Waals surface area (Å²) in [7, 11) is -2.47. The summed E-state index contributed by atoms with van der Waals surface area (Å²) in [5.74, 6) is 0. The van der Waals surface area contributed by atoms with E-state index in [9.17, 15) is 0 Å². The fourth-order valence-electron chi connectivity index (χ4n) is 2.34. The molecule has 0 saturated carbocycles. The molecule has 1 saturated heterocycles. The van der Waals surface area contributed by atoms with Crippen LogP contribution < -0.4 is 5.73 Å². The Morgan fingerprint density at radius 3 is 2.33 bits per heavy atom. The molecule has 2 nitrogen and oxygen atoms in total. The van der Waals surface area contributed by atoms with E-state index in [4.69, 9.17) is 10.2 Å².